The summed E-state index contributed by atoms with van der Waals surface area (Å²) < 4.78 is 23.6. The van der Waals surface area contributed by atoms with Crippen LogP contribution in [0.1, 0.15) is 181 Å². The summed E-state index contributed by atoms with van der Waals surface area (Å²) in [5.74, 6) is -0.157. The normalized spacial score (nSPS) is 14.8. The van der Waals surface area contributed by atoms with Crippen LogP contribution in [0, 0.1) is 0 Å². The van der Waals surface area contributed by atoms with Crippen LogP contribution < -0.4 is 5.32 Å². The molecular formula is C43H84N2O6P+. The molecule has 0 saturated heterocycles. The van der Waals surface area contributed by atoms with Gasteiger partial charge in [0.25, 0.3) is 0 Å². The lowest BCUT2D eigenvalue weighted by atomic mass is 10.0. The van der Waals surface area contributed by atoms with Crippen LogP contribution in [-0.4, -0.2) is 73.4 Å². The van der Waals surface area contributed by atoms with Gasteiger partial charge >= 0.3 is 7.82 Å². The van der Waals surface area contributed by atoms with Crippen molar-refractivity contribution < 1.29 is 32.9 Å². The smallest absolute Gasteiger partial charge is 0.391 e. The number of hydrogen-bond acceptors (Lipinski definition) is 5. The maximum Gasteiger partial charge on any atom is 0.472 e. The molecule has 0 bridgehead atoms. The topological polar surface area (TPSA) is 105 Å². The largest absolute Gasteiger partial charge is 0.472 e. The fraction of sp³-hybridized carbons (Fsp3) is 0.837. The molecule has 0 aromatic rings. The molecule has 8 nitrogen and oxygen atoms in total. The maximum atomic E-state index is 12.9. The van der Waals surface area contributed by atoms with E-state index in [9.17, 15) is 19.4 Å². The lowest BCUT2D eigenvalue weighted by Crippen LogP contribution is -2.46. The Morgan fingerprint density at radius 2 is 1.15 bits per heavy atom. The summed E-state index contributed by atoms with van der Waals surface area (Å²) in [6.07, 6.45) is 41.6. The number of unbranched alkanes of at least 4 members (excludes halogenated alkanes) is 19. The van der Waals surface area contributed by atoms with Crippen molar-refractivity contribution in [2.24, 2.45) is 0 Å². The average Bonchev–Trinajstić information content (AvgIpc) is 3.09. The van der Waals surface area contributed by atoms with E-state index < -0.39 is 20.0 Å². The molecule has 3 N–H and O–H groups in total. The van der Waals surface area contributed by atoms with Crippen molar-refractivity contribution in [2.45, 2.75) is 193 Å². The van der Waals surface area contributed by atoms with Gasteiger partial charge in [0.05, 0.1) is 39.9 Å². The maximum absolute atomic E-state index is 12.9. The number of aliphatic hydroxyl groups excluding tert-OH is 1. The van der Waals surface area contributed by atoms with Gasteiger partial charge < -0.3 is 19.8 Å². The third-order valence-electron chi connectivity index (χ3n) is 9.40. The van der Waals surface area contributed by atoms with Crippen molar-refractivity contribution in [3.63, 3.8) is 0 Å². The Morgan fingerprint density at radius 1 is 0.673 bits per heavy atom. The number of rotatable bonds is 38. The van der Waals surface area contributed by atoms with Crippen molar-refractivity contribution >= 4 is 13.7 Å². The summed E-state index contributed by atoms with van der Waals surface area (Å²) in [6, 6.07) is -0.764. The molecule has 0 heterocycles. The second-order valence-corrected chi connectivity index (χ2v) is 17.1. The first-order valence-corrected chi connectivity index (χ1v) is 22.8. The monoisotopic (exact) mass is 756 g/mol. The molecule has 0 aromatic carbocycles. The number of phosphoric acid groups is 1. The number of nitrogens with one attached hydrogen (secondary N) is 1. The van der Waals surface area contributed by atoms with E-state index in [2.05, 4.69) is 55.6 Å². The minimum atomic E-state index is -4.31. The van der Waals surface area contributed by atoms with E-state index in [1.807, 2.05) is 21.1 Å². The second kappa shape index (κ2) is 35.4. The predicted molar refractivity (Wildman–Crippen MR) is 221 cm³/mol. The first kappa shape index (κ1) is 50.7. The molecule has 52 heavy (non-hydrogen) atoms. The van der Waals surface area contributed by atoms with E-state index in [4.69, 9.17) is 9.05 Å². The van der Waals surface area contributed by atoms with Crippen molar-refractivity contribution in [1.82, 2.24) is 5.32 Å². The van der Waals surface area contributed by atoms with Crippen LogP contribution in [-0.2, 0) is 18.4 Å². The Labute approximate surface area is 321 Å². The molecule has 0 aliphatic carbocycles. The van der Waals surface area contributed by atoms with Crippen molar-refractivity contribution in [1.29, 1.82) is 0 Å². The van der Waals surface area contributed by atoms with Crippen molar-refractivity contribution in [2.75, 3.05) is 40.9 Å². The SMILES string of the molecule is CC/C=C\C/C=C\C/C=C\CCCCCCCCCC(=O)NC(COP(=O)(O)OCC[N+](C)(C)C)C(O)CCCCCCCCCCCCCCC. The summed E-state index contributed by atoms with van der Waals surface area (Å²) in [5, 5.41) is 13.9. The highest BCUT2D eigenvalue weighted by atomic mass is 31.2. The number of likely N-dealkylation sites (N-methyl/N-ethyl adjacent to an activating group) is 1. The van der Waals surface area contributed by atoms with E-state index in [0.29, 0.717) is 23.9 Å². The van der Waals surface area contributed by atoms with E-state index in [0.717, 1.165) is 64.2 Å². The molecule has 0 saturated carbocycles. The molecule has 3 unspecified atom stereocenters. The van der Waals surface area contributed by atoms with Gasteiger partial charge in [-0.25, -0.2) is 4.57 Å². The molecule has 9 heteroatoms. The number of quaternary nitrogens is 1. The van der Waals surface area contributed by atoms with Crippen LogP contribution in [0.3, 0.4) is 0 Å². The first-order valence-electron chi connectivity index (χ1n) is 21.4. The highest BCUT2D eigenvalue weighted by molar-refractivity contribution is 7.47. The predicted octanol–water partition coefficient (Wildman–Crippen LogP) is 11.5. The van der Waals surface area contributed by atoms with Crippen molar-refractivity contribution in [3.8, 4) is 0 Å². The summed E-state index contributed by atoms with van der Waals surface area (Å²) in [4.78, 5) is 23.1. The van der Waals surface area contributed by atoms with Crippen LogP contribution in [0.4, 0.5) is 0 Å². The summed E-state index contributed by atoms with van der Waals surface area (Å²) >= 11 is 0. The fourth-order valence-electron chi connectivity index (χ4n) is 6.00. The number of phosphoric ester groups is 1. The van der Waals surface area contributed by atoms with E-state index in [-0.39, 0.29) is 19.1 Å². The molecule has 0 spiro atoms. The molecular weight excluding hydrogens is 671 g/mol. The van der Waals surface area contributed by atoms with Gasteiger partial charge in [0.1, 0.15) is 13.2 Å². The van der Waals surface area contributed by atoms with Crippen LogP contribution >= 0.6 is 7.82 Å². The lowest BCUT2D eigenvalue weighted by Gasteiger charge is -2.26. The molecule has 0 rings (SSSR count). The molecule has 0 radical (unpaired) electrons. The summed E-state index contributed by atoms with van der Waals surface area (Å²) in [5.41, 5.74) is 0. The number of hydrogen-bond donors (Lipinski definition) is 3. The van der Waals surface area contributed by atoms with Crippen LogP contribution in [0.25, 0.3) is 0 Å². The molecule has 306 valence electrons. The van der Waals surface area contributed by atoms with E-state index >= 15 is 0 Å². The van der Waals surface area contributed by atoms with Gasteiger partial charge in [-0.05, 0) is 44.9 Å². The standard InChI is InChI=1S/C43H83N2O6P/c1-6-8-10-12-14-16-18-20-21-22-23-25-27-29-31-33-35-37-43(47)44-41(40-51-52(48,49)50-39-38-45(3,4)5)42(46)36-34-32-30-28-26-24-19-17-15-13-11-9-7-2/h8,10,14,16,20-21,41-42,46H,6-7,9,11-13,15,17-19,22-40H2,1-5H3,(H-,44,47,48,49)/p+1/b10-8-,16-14-,21-20-. The number of carbonyl (C=O) groups excluding carboxylic acids is 1. The molecule has 0 fully saturated rings. The van der Waals surface area contributed by atoms with E-state index in [1.165, 1.54) is 89.9 Å². The van der Waals surface area contributed by atoms with Gasteiger partial charge in [0.15, 0.2) is 0 Å². The first-order chi connectivity index (χ1) is 25.0. The minimum Gasteiger partial charge on any atom is -0.391 e. The fourth-order valence-corrected chi connectivity index (χ4v) is 6.74. The Balaban J connectivity index is 4.40. The summed E-state index contributed by atoms with van der Waals surface area (Å²) in [7, 11) is 1.60. The second-order valence-electron chi connectivity index (χ2n) is 15.7. The highest BCUT2D eigenvalue weighted by Crippen LogP contribution is 2.43. The molecule has 1 amide bonds. The molecule has 3 atom stereocenters. The van der Waals surface area contributed by atoms with Gasteiger partial charge in [0.2, 0.25) is 5.91 Å². The van der Waals surface area contributed by atoms with Gasteiger partial charge in [-0.2, -0.15) is 0 Å². The highest BCUT2D eigenvalue weighted by Gasteiger charge is 2.28. The number of allylic oxidation sites excluding steroid dienone is 6. The van der Waals surface area contributed by atoms with Gasteiger partial charge in [-0.3, -0.25) is 13.8 Å². The third-order valence-corrected chi connectivity index (χ3v) is 10.4. The minimum absolute atomic E-state index is 0.0717. The van der Waals surface area contributed by atoms with Crippen LogP contribution in [0.15, 0.2) is 36.5 Å². The molecule has 0 aromatic heterocycles. The Kier molecular flexibility index (Phi) is 34.6. The number of carbonyl (C=O) groups is 1. The zero-order chi connectivity index (χ0) is 38.6. The van der Waals surface area contributed by atoms with Gasteiger partial charge in [0, 0.05) is 6.42 Å². The molecule has 0 aliphatic heterocycles. The number of aliphatic hydroxyl groups is 1. The van der Waals surface area contributed by atoms with Gasteiger partial charge in [-0.1, -0.05) is 166 Å². The van der Waals surface area contributed by atoms with Gasteiger partial charge in [-0.15, -0.1) is 0 Å². The Bertz CT molecular complexity index is 948. The Hall–Kier alpha value is -1.28. The molecule has 0 aliphatic rings. The quantitative estimate of drug-likeness (QED) is 0.0251. The van der Waals surface area contributed by atoms with Crippen LogP contribution in [0.5, 0.6) is 0 Å². The Morgan fingerprint density at radius 3 is 1.69 bits per heavy atom. The zero-order valence-electron chi connectivity index (χ0n) is 34.5. The lowest BCUT2D eigenvalue weighted by molar-refractivity contribution is -0.870. The van der Waals surface area contributed by atoms with Crippen molar-refractivity contribution in [3.05, 3.63) is 36.5 Å². The summed E-state index contributed by atoms with van der Waals surface area (Å²) in [6.45, 7) is 4.75. The van der Waals surface area contributed by atoms with E-state index in [1.54, 1.807) is 0 Å². The average molecular weight is 756 g/mol. The zero-order valence-corrected chi connectivity index (χ0v) is 35.4. The number of amides is 1. The third kappa shape index (κ3) is 37.1. The van der Waals surface area contributed by atoms with Crippen LogP contribution in [0.2, 0.25) is 0 Å². The number of nitrogens with zero attached hydrogens (tertiary/aromatic N) is 1.